The minimum absolute atomic E-state index is 0. The molecule has 3 aromatic carbocycles. The Hall–Kier alpha value is 0.110. The smallest absolute Gasteiger partial charge is 1.00 e. The molecule has 0 aliphatic rings. The summed E-state index contributed by atoms with van der Waals surface area (Å²) < 4.78 is 0. The van der Waals surface area contributed by atoms with Gasteiger partial charge in [-0.25, -0.2) is 0 Å². The van der Waals surface area contributed by atoms with Gasteiger partial charge in [-0.05, 0) is 0 Å². The fraction of sp³-hybridized carbons (Fsp3) is 0.211. The molecule has 119 valence electrons. The molecule has 0 saturated carbocycles. The Morgan fingerprint density at radius 1 is 0.826 bits per heavy atom. The van der Waals surface area contributed by atoms with Gasteiger partial charge in [0.15, 0.2) is 0 Å². The third kappa shape index (κ3) is 8.16. The van der Waals surface area contributed by atoms with E-state index in [1.54, 1.807) is 0 Å². The van der Waals surface area contributed by atoms with Gasteiger partial charge in [-0.1, -0.05) is 80.0 Å². The quantitative estimate of drug-likeness (QED) is 0.327. The van der Waals surface area contributed by atoms with Gasteiger partial charge in [0, 0.05) is 9.52 Å². The molecule has 0 spiro atoms. The molecule has 3 rings (SSSR count). The van der Waals surface area contributed by atoms with Crippen LogP contribution in [0.3, 0.4) is 0 Å². The van der Waals surface area contributed by atoms with Gasteiger partial charge in [0.25, 0.3) is 0 Å². The van der Waals surface area contributed by atoms with Crippen molar-refractivity contribution in [3.8, 4) is 11.1 Å². The average Bonchev–Trinajstić information content (AvgIpc) is 2.94. The maximum Gasteiger partial charge on any atom is 3.00 e. The van der Waals surface area contributed by atoms with Crippen LogP contribution in [0.5, 0.6) is 0 Å². The molecule has 3 radical (unpaired) electrons. The molecule has 0 aliphatic carbocycles. The summed E-state index contributed by atoms with van der Waals surface area (Å²) in [5.41, 5.74) is 2.59. The van der Waals surface area contributed by atoms with Crippen LogP contribution in [0, 0.1) is 0 Å². The van der Waals surface area contributed by atoms with Crippen LogP contribution in [-0.4, -0.2) is 9.52 Å². The van der Waals surface area contributed by atoms with Gasteiger partial charge in [0.2, 0.25) is 0 Å². The Morgan fingerprint density at radius 2 is 1.39 bits per heavy atom. The van der Waals surface area contributed by atoms with Crippen LogP contribution in [0.15, 0.2) is 66.7 Å². The average molecular weight is 528 g/mol. The second kappa shape index (κ2) is 14.5. The van der Waals surface area contributed by atoms with Crippen LogP contribution in [-0.2, 0) is 26.2 Å². The summed E-state index contributed by atoms with van der Waals surface area (Å²) in [5, 5.41) is 2.63. The maximum atomic E-state index is 2.24. The number of halogens is 2. The summed E-state index contributed by atoms with van der Waals surface area (Å²) in [6.07, 6.45) is 0. The van der Waals surface area contributed by atoms with Gasteiger partial charge in [-0.3, -0.25) is 0 Å². The minimum Gasteiger partial charge on any atom is -1.00 e. The topological polar surface area (TPSA) is 0 Å². The normalized spacial score (nSPS) is 8.78. The molecule has 3 aromatic rings. The minimum atomic E-state index is 0. The molecule has 0 saturated heterocycles. The molecular formula is C19H21Br2SiZr. The Bertz CT molecular complexity index is 603. The maximum absolute atomic E-state index is 2.24. The van der Waals surface area contributed by atoms with Crippen molar-refractivity contribution in [2.24, 2.45) is 0 Å². The van der Waals surface area contributed by atoms with Crippen molar-refractivity contribution in [3.05, 3.63) is 66.7 Å². The van der Waals surface area contributed by atoms with Crippen molar-refractivity contribution in [1.82, 2.24) is 0 Å². The summed E-state index contributed by atoms with van der Waals surface area (Å²) >= 11 is 0. The fourth-order valence-electron chi connectivity index (χ4n) is 2.20. The molecule has 0 bridgehead atoms. The number of benzene rings is 2. The molecule has 0 aliphatic heterocycles. The Kier molecular flexibility index (Phi) is 15.9. The molecule has 0 fully saturated rings. The zero-order valence-electron chi connectivity index (χ0n) is 13.5. The first-order valence-electron chi connectivity index (χ1n) is 7.26. The van der Waals surface area contributed by atoms with Crippen molar-refractivity contribution in [1.29, 1.82) is 0 Å². The zero-order chi connectivity index (χ0) is 14.2. The van der Waals surface area contributed by atoms with Gasteiger partial charge >= 0.3 is 26.2 Å². The number of hydrogen-bond donors (Lipinski definition) is 0. The van der Waals surface area contributed by atoms with Crippen LogP contribution < -0.4 is 34.0 Å². The number of fused-ring (bicyclic) bond motifs is 1. The summed E-state index contributed by atoms with van der Waals surface area (Å²) in [5.74, 6) is 0. The van der Waals surface area contributed by atoms with Crippen molar-refractivity contribution >= 4 is 20.3 Å². The predicted molar refractivity (Wildman–Crippen MR) is 91.7 cm³/mol. The Balaban J connectivity index is 0. The molecule has 4 heteroatoms. The monoisotopic (exact) mass is 525 g/mol. The molecule has 0 atom stereocenters. The van der Waals surface area contributed by atoms with Gasteiger partial charge in [0.05, 0.1) is 0 Å². The van der Waals surface area contributed by atoms with Crippen molar-refractivity contribution in [2.75, 3.05) is 0 Å². The predicted octanol–water partition coefficient (Wildman–Crippen LogP) is -0.202. The van der Waals surface area contributed by atoms with Gasteiger partial charge in [-0.2, -0.15) is 0 Å². The first-order chi connectivity index (χ1) is 9.85. The molecule has 0 heterocycles. The fourth-order valence-corrected chi connectivity index (χ4v) is 2.70. The van der Waals surface area contributed by atoms with E-state index in [9.17, 15) is 0 Å². The van der Waals surface area contributed by atoms with Gasteiger partial charge < -0.3 is 34.0 Å². The van der Waals surface area contributed by atoms with Crippen LogP contribution >= 0.6 is 0 Å². The second-order valence-corrected chi connectivity index (χ2v) is 6.61. The standard InChI is InChI=1S/C15H11.C4H10Si.2BrH.Zr/c1-2-6-12(7-3-1)15-10-13-8-4-5-9-14(13)11-15;1-3-5-4-2;;;/h1-11H;3-4H2,1-2H3;2*1H;/q-1;;;;+3/p-2. The molecule has 0 unspecified atom stereocenters. The molecule has 0 amide bonds. The third-order valence-corrected chi connectivity index (χ3v) is 4.23. The summed E-state index contributed by atoms with van der Waals surface area (Å²) in [4.78, 5) is 0. The van der Waals surface area contributed by atoms with E-state index in [4.69, 9.17) is 0 Å². The molecule has 0 aromatic heterocycles. The molecule has 0 nitrogen and oxygen atoms in total. The van der Waals surface area contributed by atoms with Crippen molar-refractivity contribution in [3.63, 3.8) is 0 Å². The van der Waals surface area contributed by atoms with Crippen molar-refractivity contribution < 1.29 is 60.2 Å². The van der Waals surface area contributed by atoms with E-state index in [2.05, 4.69) is 74.5 Å². The SMILES string of the molecule is CC[Si]CC.[Br-].[Br-].[Zr+3].c1ccc(-c2cc3ccccc3[cH-]2)cc1. The first-order valence-corrected chi connectivity index (χ1v) is 8.68. The Labute approximate surface area is 182 Å². The molecular weight excluding hydrogens is 507 g/mol. The third-order valence-electron chi connectivity index (χ3n) is 3.23. The summed E-state index contributed by atoms with van der Waals surface area (Å²) in [7, 11) is 1.20. The van der Waals surface area contributed by atoms with Crippen LogP contribution in [0.1, 0.15) is 13.8 Å². The Morgan fingerprint density at radius 3 is 1.91 bits per heavy atom. The van der Waals surface area contributed by atoms with E-state index in [0.717, 1.165) is 0 Å². The summed E-state index contributed by atoms with van der Waals surface area (Å²) in [6.45, 7) is 4.45. The van der Waals surface area contributed by atoms with E-state index >= 15 is 0 Å². The zero-order valence-corrected chi connectivity index (χ0v) is 20.2. The van der Waals surface area contributed by atoms with E-state index < -0.39 is 0 Å². The molecule has 23 heavy (non-hydrogen) atoms. The van der Waals surface area contributed by atoms with E-state index in [0.29, 0.717) is 0 Å². The van der Waals surface area contributed by atoms with Crippen LogP contribution in [0.25, 0.3) is 21.9 Å². The van der Waals surface area contributed by atoms with Crippen molar-refractivity contribution in [2.45, 2.75) is 25.9 Å². The largest absolute Gasteiger partial charge is 3.00 e. The van der Waals surface area contributed by atoms with Gasteiger partial charge in [-0.15, -0.1) is 34.5 Å². The van der Waals surface area contributed by atoms with E-state index in [1.165, 1.54) is 43.5 Å². The van der Waals surface area contributed by atoms with E-state index in [1.807, 2.05) is 6.07 Å². The van der Waals surface area contributed by atoms with Crippen LogP contribution in [0.4, 0.5) is 0 Å². The van der Waals surface area contributed by atoms with E-state index in [-0.39, 0.29) is 60.2 Å². The molecule has 0 N–H and O–H groups in total. The van der Waals surface area contributed by atoms with Crippen LogP contribution in [0.2, 0.25) is 12.1 Å². The number of rotatable bonds is 3. The first kappa shape index (κ1) is 25.4. The van der Waals surface area contributed by atoms with Gasteiger partial charge in [0.1, 0.15) is 0 Å². The second-order valence-electron chi connectivity index (χ2n) is 4.70. The summed E-state index contributed by atoms with van der Waals surface area (Å²) in [6, 6.07) is 26.2. The number of hydrogen-bond acceptors (Lipinski definition) is 0.